The van der Waals surface area contributed by atoms with Crippen LogP contribution in [0.2, 0.25) is 0 Å². The van der Waals surface area contributed by atoms with Crippen molar-refractivity contribution in [2.24, 2.45) is 0 Å². The molecule has 0 aliphatic rings. The highest BCUT2D eigenvalue weighted by Gasteiger charge is 2.07. The number of hydrogen-bond donors (Lipinski definition) is 2. The van der Waals surface area contributed by atoms with Crippen molar-refractivity contribution in [3.05, 3.63) is 59.2 Å². The van der Waals surface area contributed by atoms with Gasteiger partial charge in [0.15, 0.2) is 0 Å². The highest BCUT2D eigenvalue weighted by atomic mass is 16.1. The lowest BCUT2D eigenvalue weighted by Crippen LogP contribution is -2.13. The van der Waals surface area contributed by atoms with Crippen molar-refractivity contribution in [3.8, 4) is 0 Å². The molecule has 0 radical (unpaired) electrons. The zero-order valence-electron chi connectivity index (χ0n) is 11.2. The standard InChI is InChI=1S/C16H18N2O/c1-3-12-5-7-13(8-6-12)16(19)18-15-9-4-11(2)10-14(15)17/h4-10H,3,17H2,1-2H3,(H,18,19). The predicted octanol–water partition coefficient (Wildman–Crippen LogP) is 3.39. The summed E-state index contributed by atoms with van der Waals surface area (Å²) >= 11 is 0. The largest absolute Gasteiger partial charge is 0.397 e. The number of nitrogens with two attached hydrogens (primary N) is 1. The first-order valence-electron chi connectivity index (χ1n) is 6.36. The van der Waals surface area contributed by atoms with Crippen LogP contribution in [-0.2, 0) is 6.42 Å². The maximum Gasteiger partial charge on any atom is 0.255 e. The van der Waals surface area contributed by atoms with Crippen LogP contribution >= 0.6 is 0 Å². The molecule has 0 aliphatic carbocycles. The van der Waals surface area contributed by atoms with E-state index >= 15 is 0 Å². The Labute approximate surface area is 113 Å². The molecule has 2 aromatic rings. The molecule has 0 atom stereocenters. The van der Waals surface area contributed by atoms with Gasteiger partial charge in [-0.15, -0.1) is 0 Å². The third kappa shape index (κ3) is 3.13. The Balaban J connectivity index is 2.15. The number of rotatable bonds is 3. The van der Waals surface area contributed by atoms with Crippen molar-refractivity contribution in [2.75, 3.05) is 11.1 Å². The fourth-order valence-electron chi connectivity index (χ4n) is 1.88. The van der Waals surface area contributed by atoms with Crippen molar-refractivity contribution < 1.29 is 4.79 Å². The average Bonchev–Trinajstić information content (AvgIpc) is 2.42. The van der Waals surface area contributed by atoms with Crippen LogP contribution in [0, 0.1) is 6.92 Å². The fourth-order valence-corrected chi connectivity index (χ4v) is 1.88. The zero-order valence-corrected chi connectivity index (χ0v) is 11.2. The summed E-state index contributed by atoms with van der Waals surface area (Å²) in [6.45, 7) is 4.05. The van der Waals surface area contributed by atoms with E-state index in [9.17, 15) is 4.79 Å². The van der Waals surface area contributed by atoms with Crippen LogP contribution in [0.25, 0.3) is 0 Å². The number of benzene rings is 2. The summed E-state index contributed by atoms with van der Waals surface area (Å²) in [6.07, 6.45) is 0.965. The minimum Gasteiger partial charge on any atom is -0.397 e. The zero-order chi connectivity index (χ0) is 13.8. The summed E-state index contributed by atoms with van der Waals surface area (Å²) in [5, 5.41) is 2.83. The summed E-state index contributed by atoms with van der Waals surface area (Å²) in [7, 11) is 0. The van der Waals surface area contributed by atoms with E-state index in [1.165, 1.54) is 5.56 Å². The molecule has 19 heavy (non-hydrogen) atoms. The van der Waals surface area contributed by atoms with Gasteiger partial charge in [-0.1, -0.05) is 25.1 Å². The molecule has 0 aromatic heterocycles. The van der Waals surface area contributed by atoms with Gasteiger partial charge in [0.2, 0.25) is 0 Å². The number of carbonyl (C=O) groups excluding carboxylic acids is 1. The monoisotopic (exact) mass is 254 g/mol. The third-order valence-electron chi connectivity index (χ3n) is 3.08. The van der Waals surface area contributed by atoms with Crippen molar-refractivity contribution in [1.82, 2.24) is 0 Å². The van der Waals surface area contributed by atoms with E-state index in [0.29, 0.717) is 16.9 Å². The second kappa shape index (κ2) is 5.57. The molecular formula is C16H18N2O. The fraction of sp³-hybridized carbons (Fsp3) is 0.188. The topological polar surface area (TPSA) is 55.1 Å². The van der Waals surface area contributed by atoms with Crippen LogP contribution in [0.1, 0.15) is 28.4 Å². The quantitative estimate of drug-likeness (QED) is 0.825. The lowest BCUT2D eigenvalue weighted by atomic mass is 10.1. The molecule has 2 aromatic carbocycles. The predicted molar refractivity (Wildman–Crippen MR) is 79.4 cm³/mol. The number of aryl methyl sites for hydroxylation is 2. The van der Waals surface area contributed by atoms with Gasteiger partial charge in [0, 0.05) is 5.56 Å². The van der Waals surface area contributed by atoms with Crippen LogP contribution in [0.3, 0.4) is 0 Å². The molecule has 0 bridgehead atoms. The summed E-state index contributed by atoms with van der Waals surface area (Å²) in [5.74, 6) is -0.141. The summed E-state index contributed by atoms with van der Waals surface area (Å²) in [5.41, 5.74) is 10.0. The van der Waals surface area contributed by atoms with Crippen LogP contribution in [-0.4, -0.2) is 5.91 Å². The van der Waals surface area contributed by atoms with Gasteiger partial charge in [0.1, 0.15) is 0 Å². The first-order chi connectivity index (χ1) is 9.10. The molecule has 0 saturated heterocycles. The SMILES string of the molecule is CCc1ccc(C(=O)Nc2ccc(C)cc2N)cc1. The van der Waals surface area contributed by atoms with E-state index in [-0.39, 0.29) is 5.91 Å². The molecule has 1 amide bonds. The smallest absolute Gasteiger partial charge is 0.255 e. The van der Waals surface area contributed by atoms with Crippen LogP contribution in [0.5, 0.6) is 0 Å². The van der Waals surface area contributed by atoms with Crippen LogP contribution in [0.15, 0.2) is 42.5 Å². The highest BCUT2D eigenvalue weighted by molar-refractivity contribution is 6.05. The highest BCUT2D eigenvalue weighted by Crippen LogP contribution is 2.20. The van der Waals surface area contributed by atoms with E-state index in [4.69, 9.17) is 5.73 Å². The van der Waals surface area contributed by atoms with Gasteiger partial charge < -0.3 is 11.1 Å². The van der Waals surface area contributed by atoms with Crippen molar-refractivity contribution in [1.29, 1.82) is 0 Å². The molecule has 98 valence electrons. The Morgan fingerprint density at radius 2 is 1.84 bits per heavy atom. The number of nitrogen functional groups attached to an aromatic ring is 1. The van der Waals surface area contributed by atoms with E-state index in [1.54, 1.807) is 0 Å². The minimum atomic E-state index is -0.141. The van der Waals surface area contributed by atoms with Gasteiger partial charge in [0.25, 0.3) is 5.91 Å². The molecule has 2 rings (SSSR count). The number of carbonyl (C=O) groups is 1. The van der Waals surface area contributed by atoms with Crippen LogP contribution < -0.4 is 11.1 Å². The molecule has 0 spiro atoms. The van der Waals surface area contributed by atoms with Crippen molar-refractivity contribution in [3.63, 3.8) is 0 Å². The van der Waals surface area contributed by atoms with E-state index in [2.05, 4.69) is 12.2 Å². The second-order valence-corrected chi connectivity index (χ2v) is 4.60. The minimum absolute atomic E-state index is 0.141. The third-order valence-corrected chi connectivity index (χ3v) is 3.08. The Hall–Kier alpha value is -2.29. The van der Waals surface area contributed by atoms with Gasteiger partial charge >= 0.3 is 0 Å². The molecule has 0 saturated carbocycles. The van der Waals surface area contributed by atoms with Crippen molar-refractivity contribution in [2.45, 2.75) is 20.3 Å². The number of anilines is 2. The molecule has 3 heteroatoms. The van der Waals surface area contributed by atoms with Crippen molar-refractivity contribution >= 4 is 17.3 Å². The molecular weight excluding hydrogens is 236 g/mol. The normalized spacial score (nSPS) is 10.2. The molecule has 0 heterocycles. The summed E-state index contributed by atoms with van der Waals surface area (Å²) < 4.78 is 0. The molecule has 0 aliphatic heterocycles. The van der Waals surface area contributed by atoms with Gasteiger partial charge in [-0.05, 0) is 48.7 Å². The van der Waals surface area contributed by atoms with E-state index < -0.39 is 0 Å². The second-order valence-electron chi connectivity index (χ2n) is 4.60. The number of amides is 1. The first-order valence-corrected chi connectivity index (χ1v) is 6.36. The first kappa shape index (κ1) is 13.1. The number of hydrogen-bond acceptors (Lipinski definition) is 2. The summed E-state index contributed by atoms with van der Waals surface area (Å²) in [6, 6.07) is 13.2. The molecule has 3 N–H and O–H groups in total. The molecule has 0 unspecified atom stereocenters. The Morgan fingerprint density at radius 1 is 1.16 bits per heavy atom. The van der Waals surface area contributed by atoms with Gasteiger partial charge in [-0.3, -0.25) is 4.79 Å². The maximum atomic E-state index is 12.1. The average molecular weight is 254 g/mol. The molecule has 3 nitrogen and oxygen atoms in total. The lowest BCUT2D eigenvalue weighted by molar-refractivity contribution is 0.102. The van der Waals surface area contributed by atoms with Gasteiger partial charge in [-0.25, -0.2) is 0 Å². The van der Waals surface area contributed by atoms with Crippen LogP contribution in [0.4, 0.5) is 11.4 Å². The van der Waals surface area contributed by atoms with E-state index in [1.807, 2.05) is 49.4 Å². The van der Waals surface area contributed by atoms with Gasteiger partial charge in [-0.2, -0.15) is 0 Å². The Kier molecular flexibility index (Phi) is 3.85. The Bertz CT molecular complexity index is 588. The number of nitrogens with one attached hydrogen (secondary N) is 1. The lowest BCUT2D eigenvalue weighted by Gasteiger charge is -2.09. The van der Waals surface area contributed by atoms with Gasteiger partial charge in [0.05, 0.1) is 11.4 Å². The Morgan fingerprint density at radius 3 is 2.42 bits per heavy atom. The maximum absolute atomic E-state index is 12.1. The van der Waals surface area contributed by atoms with E-state index in [0.717, 1.165) is 12.0 Å². The summed E-state index contributed by atoms with van der Waals surface area (Å²) in [4.78, 5) is 12.1. The molecule has 0 fully saturated rings.